The van der Waals surface area contributed by atoms with Gasteiger partial charge in [0.15, 0.2) is 0 Å². The van der Waals surface area contributed by atoms with Gasteiger partial charge < -0.3 is 15.4 Å². The Labute approximate surface area is 104 Å². The summed E-state index contributed by atoms with van der Waals surface area (Å²) in [6.07, 6.45) is 0. The van der Waals surface area contributed by atoms with E-state index in [9.17, 15) is 4.79 Å². The molecule has 0 bridgehead atoms. The molecule has 0 saturated heterocycles. The molecule has 1 aromatic carbocycles. The molecule has 0 unspecified atom stereocenters. The average molecular weight is 246 g/mol. The summed E-state index contributed by atoms with van der Waals surface area (Å²) in [7, 11) is 3.22. The second-order valence-corrected chi connectivity index (χ2v) is 3.74. The largest absolute Gasteiger partial charge is 0.495 e. The zero-order valence-corrected chi connectivity index (χ0v) is 10.2. The summed E-state index contributed by atoms with van der Waals surface area (Å²) in [6, 6.07) is 8.77. The molecule has 0 fully saturated rings. The van der Waals surface area contributed by atoms with Crippen LogP contribution in [0.5, 0.6) is 5.75 Å². The van der Waals surface area contributed by atoms with Crippen LogP contribution in [0.25, 0.3) is 0 Å². The summed E-state index contributed by atoms with van der Waals surface area (Å²) < 4.78 is 5.21. The van der Waals surface area contributed by atoms with Crippen LogP contribution in [-0.4, -0.2) is 30.3 Å². The smallest absolute Gasteiger partial charge is 0.276 e. The van der Waals surface area contributed by atoms with Gasteiger partial charge in [0.25, 0.3) is 5.91 Å². The van der Waals surface area contributed by atoms with Gasteiger partial charge in [-0.2, -0.15) is 5.10 Å². The number of ether oxygens (including phenoxy) is 1. The third-order valence-electron chi connectivity index (χ3n) is 2.58. The van der Waals surface area contributed by atoms with Gasteiger partial charge in [-0.15, -0.1) is 0 Å². The molecule has 0 aliphatic carbocycles. The molecule has 1 amide bonds. The lowest BCUT2D eigenvalue weighted by Gasteiger charge is -2.18. The third kappa shape index (κ3) is 2.13. The Bertz CT molecular complexity index is 565. The Hall–Kier alpha value is -2.50. The van der Waals surface area contributed by atoms with E-state index >= 15 is 0 Å². The number of carbonyl (C=O) groups is 1. The van der Waals surface area contributed by atoms with Gasteiger partial charge in [0.05, 0.1) is 12.8 Å². The number of aromatic nitrogens is 2. The first-order valence-corrected chi connectivity index (χ1v) is 5.35. The monoisotopic (exact) mass is 246 g/mol. The molecular formula is C12H14N4O2. The molecule has 3 N–H and O–H groups in total. The number of aromatic amines is 1. The van der Waals surface area contributed by atoms with Crippen molar-refractivity contribution in [3.8, 4) is 5.75 Å². The van der Waals surface area contributed by atoms with Crippen LogP contribution in [0.15, 0.2) is 30.3 Å². The van der Waals surface area contributed by atoms with Crippen LogP contribution in [0.1, 0.15) is 10.5 Å². The second kappa shape index (κ2) is 4.79. The number of nitrogens with two attached hydrogens (primary N) is 1. The van der Waals surface area contributed by atoms with E-state index in [2.05, 4.69) is 10.2 Å². The van der Waals surface area contributed by atoms with E-state index in [1.54, 1.807) is 26.3 Å². The normalized spacial score (nSPS) is 10.1. The van der Waals surface area contributed by atoms with E-state index in [0.717, 1.165) is 0 Å². The molecule has 0 saturated carbocycles. The van der Waals surface area contributed by atoms with Gasteiger partial charge in [0.2, 0.25) is 0 Å². The predicted octanol–water partition coefficient (Wildman–Crippen LogP) is 1.28. The Morgan fingerprint density at radius 1 is 1.44 bits per heavy atom. The molecule has 18 heavy (non-hydrogen) atoms. The summed E-state index contributed by atoms with van der Waals surface area (Å²) in [5.74, 6) is 0.677. The van der Waals surface area contributed by atoms with Crippen molar-refractivity contribution in [3.63, 3.8) is 0 Å². The molecule has 0 radical (unpaired) electrons. The predicted molar refractivity (Wildman–Crippen MR) is 68.7 cm³/mol. The van der Waals surface area contributed by atoms with Crippen LogP contribution in [-0.2, 0) is 0 Å². The highest BCUT2D eigenvalue weighted by atomic mass is 16.5. The second-order valence-electron chi connectivity index (χ2n) is 3.74. The summed E-state index contributed by atoms with van der Waals surface area (Å²) in [4.78, 5) is 13.6. The van der Waals surface area contributed by atoms with Crippen LogP contribution in [0, 0.1) is 0 Å². The summed E-state index contributed by atoms with van der Waals surface area (Å²) >= 11 is 0. The van der Waals surface area contributed by atoms with E-state index in [0.29, 0.717) is 17.1 Å². The minimum atomic E-state index is -0.233. The Balaban J connectivity index is 2.31. The van der Waals surface area contributed by atoms with Gasteiger partial charge in [-0.3, -0.25) is 9.89 Å². The maximum absolute atomic E-state index is 12.2. The number of hydrogen-bond donors (Lipinski definition) is 2. The maximum Gasteiger partial charge on any atom is 0.276 e. The van der Waals surface area contributed by atoms with Crippen LogP contribution in [0.3, 0.4) is 0 Å². The van der Waals surface area contributed by atoms with E-state index in [-0.39, 0.29) is 11.7 Å². The van der Waals surface area contributed by atoms with Crippen molar-refractivity contribution in [2.75, 3.05) is 24.8 Å². The van der Waals surface area contributed by atoms with Gasteiger partial charge in [0.1, 0.15) is 17.3 Å². The van der Waals surface area contributed by atoms with E-state index in [4.69, 9.17) is 10.5 Å². The zero-order valence-electron chi connectivity index (χ0n) is 10.2. The zero-order chi connectivity index (χ0) is 13.1. The number of nitrogens with one attached hydrogen (secondary N) is 1. The SMILES string of the molecule is COc1ccccc1N(C)C(=O)c1cc(N)n[nH]1. The molecule has 2 rings (SSSR count). The fourth-order valence-corrected chi connectivity index (χ4v) is 1.64. The highest BCUT2D eigenvalue weighted by molar-refractivity contribution is 6.05. The number of methoxy groups -OCH3 is 1. The fraction of sp³-hybridized carbons (Fsp3) is 0.167. The average Bonchev–Trinajstić information content (AvgIpc) is 2.83. The highest BCUT2D eigenvalue weighted by Gasteiger charge is 2.18. The highest BCUT2D eigenvalue weighted by Crippen LogP contribution is 2.27. The summed E-state index contributed by atoms with van der Waals surface area (Å²) in [6.45, 7) is 0. The number of nitrogens with zero attached hydrogens (tertiary/aromatic N) is 2. The Morgan fingerprint density at radius 3 is 2.78 bits per heavy atom. The third-order valence-corrected chi connectivity index (χ3v) is 2.58. The van der Waals surface area contributed by atoms with E-state index in [1.807, 2.05) is 12.1 Å². The number of amides is 1. The minimum absolute atomic E-state index is 0.233. The van der Waals surface area contributed by atoms with Crippen molar-refractivity contribution in [1.29, 1.82) is 0 Å². The molecule has 1 heterocycles. The number of benzene rings is 1. The number of anilines is 2. The first-order valence-electron chi connectivity index (χ1n) is 5.35. The number of para-hydroxylation sites is 2. The number of H-pyrrole nitrogens is 1. The quantitative estimate of drug-likeness (QED) is 0.854. The van der Waals surface area contributed by atoms with Crippen LogP contribution >= 0.6 is 0 Å². The number of hydrogen-bond acceptors (Lipinski definition) is 4. The molecule has 0 aliphatic rings. The van der Waals surface area contributed by atoms with Gasteiger partial charge in [-0.1, -0.05) is 12.1 Å². The van der Waals surface area contributed by atoms with Crippen LogP contribution < -0.4 is 15.4 Å². The number of rotatable bonds is 3. The lowest BCUT2D eigenvalue weighted by molar-refractivity contribution is 0.0987. The first-order chi connectivity index (χ1) is 8.63. The van der Waals surface area contributed by atoms with Crippen molar-refractivity contribution >= 4 is 17.4 Å². The molecule has 94 valence electrons. The number of nitrogen functional groups attached to an aromatic ring is 1. The minimum Gasteiger partial charge on any atom is -0.495 e. The van der Waals surface area contributed by atoms with Gasteiger partial charge in [-0.25, -0.2) is 0 Å². The van der Waals surface area contributed by atoms with Gasteiger partial charge in [-0.05, 0) is 12.1 Å². The van der Waals surface area contributed by atoms with E-state index < -0.39 is 0 Å². The molecule has 0 aliphatic heterocycles. The van der Waals surface area contributed by atoms with Crippen molar-refractivity contribution in [2.45, 2.75) is 0 Å². The molecule has 0 atom stereocenters. The molecule has 0 spiro atoms. The molecular weight excluding hydrogens is 232 g/mol. The lowest BCUT2D eigenvalue weighted by atomic mass is 10.2. The number of carbonyl (C=O) groups excluding carboxylic acids is 1. The molecule has 6 nitrogen and oxygen atoms in total. The Morgan fingerprint density at radius 2 is 2.17 bits per heavy atom. The summed E-state index contributed by atoms with van der Waals surface area (Å²) in [5, 5.41) is 6.32. The lowest BCUT2D eigenvalue weighted by Crippen LogP contribution is -2.26. The van der Waals surface area contributed by atoms with Crippen molar-refractivity contribution < 1.29 is 9.53 Å². The Kier molecular flexibility index (Phi) is 3.18. The standard InChI is InChI=1S/C12H14N4O2/c1-16(9-5-3-4-6-10(9)18-2)12(17)8-7-11(13)15-14-8/h3-7H,1-2H3,(H3,13,14,15). The van der Waals surface area contributed by atoms with Gasteiger partial charge >= 0.3 is 0 Å². The van der Waals surface area contributed by atoms with Gasteiger partial charge in [0, 0.05) is 13.1 Å². The maximum atomic E-state index is 12.2. The van der Waals surface area contributed by atoms with Crippen LogP contribution in [0.2, 0.25) is 0 Å². The van der Waals surface area contributed by atoms with Crippen LogP contribution in [0.4, 0.5) is 11.5 Å². The molecule has 1 aromatic heterocycles. The summed E-state index contributed by atoms with van der Waals surface area (Å²) in [5.41, 5.74) is 6.49. The molecule has 6 heteroatoms. The van der Waals surface area contributed by atoms with Crippen molar-refractivity contribution in [2.24, 2.45) is 0 Å². The molecule has 2 aromatic rings. The first kappa shape index (κ1) is 12.0. The van der Waals surface area contributed by atoms with Crippen molar-refractivity contribution in [3.05, 3.63) is 36.0 Å². The van der Waals surface area contributed by atoms with Crippen molar-refractivity contribution in [1.82, 2.24) is 10.2 Å². The topological polar surface area (TPSA) is 84.2 Å². The van der Waals surface area contributed by atoms with E-state index in [1.165, 1.54) is 11.0 Å². The fourth-order valence-electron chi connectivity index (χ4n) is 1.64.